The van der Waals surface area contributed by atoms with Gasteiger partial charge in [0.25, 0.3) is 5.91 Å². The van der Waals surface area contributed by atoms with Crippen LogP contribution in [-0.4, -0.2) is 44.7 Å². The summed E-state index contributed by atoms with van der Waals surface area (Å²) in [6.07, 6.45) is 9.48. The molecule has 1 N–H and O–H groups in total. The van der Waals surface area contributed by atoms with Gasteiger partial charge in [-0.05, 0) is 68.8 Å². The molecule has 0 unspecified atom stereocenters. The van der Waals surface area contributed by atoms with Gasteiger partial charge in [0.1, 0.15) is 0 Å². The Morgan fingerprint density at radius 1 is 1.03 bits per heavy atom. The number of nitrogens with one attached hydrogen (secondary N) is 1. The van der Waals surface area contributed by atoms with E-state index in [-0.39, 0.29) is 11.9 Å². The number of amides is 1. The summed E-state index contributed by atoms with van der Waals surface area (Å²) in [6.45, 7) is 4.28. The normalized spacial score (nSPS) is 22.0. The first-order chi connectivity index (χ1) is 14.8. The second-order valence-corrected chi connectivity index (χ2v) is 8.68. The standard InChI is InChI=1S/C24H29N5O/c30-24(22-3-1-5-23-21(22)4-2-12-25-23)27-19-8-6-18(7-9-19)11-14-28-15-16-29-20(17-28)10-13-26-29/h1-5,10,12-13,18-19H,6-9,11,14-17H2,(H,27,30)/t18-,19-. The van der Waals surface area contributed by atoms with Crippen molar-refractivity contribution in [1.82, 2.24) is 25.0 Å². The highest BCUT2D eigenvalue weighted by Crippen LogP contribution is 2.28. The van der Waals surface area contributed by atoms with Crippen molar-refractivity contribution in [3.05, 3.63) is 60.0 Å². The van der Waals surface area contributed by atoms with E-state index in [0.717, 1.165) is 61.4 Å². The smallest absolute Gasteiger partial charge is 0.252 e. The maximum atomic E-state index is 12.9. The van der Waals surface area contributed by atoms with Gasteiger partial charge in [0, 0.05) is 42.5 Å². The van der Waals surface area contributed by atoms with Crippen LogP contribution in [0.5, 0.6) is 0 Å². The van der Waals surface area contributed by atoms with Crippen molar-refractivity contribution in [2.75, 3.05) is 13.1 Å². The minimum absolute atomic E-state index is 0.0296. The molecule has 6 nitrogen and oxygen atoms in total. The molecule has 1 aliphatic heterocycles. The fraction of sp³-hybridized carbons (Fsp3) is 0.458. The average molecular weight is 404 g/mol. The molecule has 2 aliphatic rings. The molecule has 0 bridgehead atoms. The van der Waals surface area contributed by atoms with E-state index in [1.165, 1.54) is 25.0 Å². The van der Waals surface area contributed by atoms with Gasteiger partial charge in [-0.1, -0.05) is 12.1 Å². The first kappa shape index (κ1) is 19.2. The van der Waals surface area contributed by atoms with Crippen LogP contribution in [0.1, 0.15) is 48.2 Å². The largest absolute Gasteiger partial charge is 0.349 e. The third-order valence-electron chi connectivity index (χ3n) is 6.74. The van der Waals surface area contributed by atoms with Crippen molar-refractivity contribution in [3.8, 4) is 0 Å². The van der Waals surface area contributed by atoms with Crippen molar-refractivity contribution in [2.24, 2.45) is 5.92 Å². The van der Waals surface area contributed by atoms with Crippen LogP contribution in [0.4, 0.5) is 0 Å². The zero-order valence-electron chi connectivity index (χ0n) is 17.3. The summed E-state index contributed by atoms with van der Waals surface area (Å²) in [4.78, 5) is 19.8. The first-order valence-corrected chi connectivity index (χ1v) is 11.1. The SMILES string of the molecule is O=C(N[C@H]1CC[C@H](CCN2CCn3nccc3C2)CC1)c1cccc2ncccc12. The van der Waals surface area contributed by atoms with Gasteiger partial charge in [-0.15, -0.1) is 0 Å². The molecule has 1 aromatic carbocycles. The Bertz CT molecular complexity index is 1020. The molecule has 1 aliphatic carbocycles. The van der Waals surface area contributed by atoms with Crippen LogP contribution in [-0.2, 0) is 13.1 Å². The van der Waals surface area contributed by atoms with Crippen molar-refractivity contribution < 1.29 is 4.79 Å². The molecule has 1 saturated carbocycles. The summed E-state index contributed by atoms with van der Waals surface area (Å²) >= 11 is 0. The molecule has 3 aromatic rings. The Labute approximate surface area is 177 Å². The molecule has 1 amide bonds. The molecule has 6 heteroatoms. The number of pyridine rings is 1. The minimum atomic E-state index is 0.0296. The zero-order chi connectivity index (χ0) is 20.3. The van der Waals surface area contributed by atoms with Crippen LogP contribution in [0.15, 0.2) is 48.8 Å². The molecular formula is C24H29N5O. The number of hydrogen-bond donors (Lipinski definition) is 1. The lowest BCUT2D eigenvalue weighted by Gasteiger charge is -2.32. The molecule has 5 rings (SSSR count). The van der Waals surface area contributed by atoms with Gasteiger partial charge in [-0.25, -0.2) is 0 Å². The summed E-state index contributed by atoms with van der Waals surface area (Å²) in [7, 11) is 0. The van der Waals surface area contributed by atoms with E-state index >= 15 is 0 Å². The van der Waals surface area contributed by atoms with E-state index in [2.05, 4.69) is 31.0 Å². The highest BCUT2D eigenvalue weighted by molar-refractivity contribution is 6.06. The van der Waals surface area contributed by atoms with Gasteiger partial charge < -0.3 is 5.32 Å². The zero-order valence-corrected chi connectivity index (χ0v) is 17.3. The number of benzene rings is 1. The van der Waals surface area contributed by atoms with Gasteiger partial charge >= 0.3 is 0 Å². The third-order valence-corrected chi connectivity index (χ3v) is 6.74. The van der Waals surface area contributed by atoms with E-state index in [1.54, 1.807) is 6.20 Å². The Morgan fingerprint density at radius 3 is 2.83 bits per heavy atom. The predicted octanol–water partition coefficient (Wildman–Crippen LogP) is 3.63. The van der Waals surface area contributed by atoms with E-state index in [1.807, 2.05) is 36.5 Å². The van der Waals surface area contributed by atoms with Crippen LogP contribution < -0.4 is 5.32 Å². The van der Waals surface area contributed by atoms with Crippen LogP contribution in [0.25, 0.3) is 10.9 Å². The molecule has 1 fully saturated rings. The highest BCUT2D eigenvalue weighted by atomic mass is 16.1. The summed E-state index contributed by atoms with van der Waals surface area (Å²) < 4.78 is 2.12. The number of aromatic nitrogens is 3. The van der Waals surface area contributed by atoms with Crippen LogP contribution >= 0.6 is 0 Å². The maximum Gasteiger partial charge on any atom is 0.252 e. The van der Waals surface area contributed by atoms with Crippen LogP contribution in [0.3, 0.4) is 0 Å². The van der Waals surface area contributed by atoms with Crippen molar-refractivity contribution in [3.63, 3.8) is 0 Å². The summed E-state index contributed by atoms with van der Waals surface area (Å²) in [6, 6.07) is 12.0. The van der Waals surface area contributed by atoms with E-state index in [0.29, 0.717) is 0 Å². The molecule has 2 aromatic heterocycles. The van der Waals surface area contributed by atoms with Gasteiger partial charge in [0.2, 0.25) is 0 Å². The van der Waals surface area contributed by atoms with E-state index in [9.17, 15) is 4.79 Å². The third kappa shape index (κ3) is 4.10. The Kier molecular flexibility index (Phi) is 5.49. The summed E-state index contributed by atoms with van der Waals surface area (Å²) in [5, 5.41) is 8.56. The molecule has 30 heavy (non-hydrogen) atoms. The number of hydrogen-bond acceptors (Lipinski definition) is 4. The number of carbonyl (C=O) groups is 1. The summed E-state index contributed by atoms with van der Waals surface area (Å²) in [5.74, 6) is 0.800. The Hall–Kier alpha value is -2.73. The lowest BCUT2D eigenvalue weighted by molar-refractivity contribution is 0.0921. The quantitative estimate of drug-likeness (QED) is 0.707. The molecule has 3 heterocycles. The molecule has 0 radical (unpaired) electrons. The Morgan fingerprint density at radius 2 is 1.93 bits per heavy atom. The molecule has 0 spiro atoms. The van der Waals surface area contributed by atoms with Gasteiger partial charge in [0.05, 0.1) is 17.8 Å². The number of carbonyl (C=O) groups excluding carboxylic acids is 1. The molecule has 0 atom stereocenters. The minimum Gasteiger partial charge on any atom is -0.349 e. The first-order valence-electron chi connectivity index (χ1n) is 11.1. The second-order valence-electron chi connectivity index (χ2n) is 8.68. The fourth-order valence-electron chi connectivity index (χ4n) is 4.96. The summed E-state index contributed by atoms with van der Waals surface area (Å²) in [5.41, 5.74) is 2.93. The van der Waals surface area contributed by atoms with Gasteiger partial charge in [0.15, 0.2) is 0 Å². The number of rotatable bonds is 5. The second kappa shape index (κ2) is 8.56. The van der Waals surface area contributed by atoms with Gasteiger partial charge in [-0.3, -0.25) is 19.4 Å². The van der Waals surface area contributed by atoms with Crippen molar-refractivity contribution in [1.29, 1.82) is 0 Å². The number of nitrogens with zero attached hydrogens (tertiary/aromatic N) is 4. The predicted molar refractivity (Wildman–Crippen MR) is 117 cm³/mol. The van der Waals surface area contributed by atoms with Crippen molar-refractivity contribution in [2.45, 2.75) is 51.2 Å². The fourth-order valence-corrected chi connectivity index (χ4v) is 4.96. The number of fused-ring (bicyclic) bond motifs is 2. The van der Waals surface area contributed by atoms with Gasteiger partial charge in [-0.2, -0.15) is 5.10 Å². The average Bonchev–Trinajstić information content (AvgIpc) is 3.26. The molecule has 0 saturated heterocycles. The van der Waals surface area contributed by atoms with E-state index < -0.39 is 0 Å². The topological polar surface area (TPSA) is 63.1 Å². The highest BCUT2D eigenvalue weighted by Gasteiger charge is 2.24. The maximum absolute atomic E-state index is 12.9. The lowest BCUT2D eigenvalue weighted by Crippen LogP contribution is -2.39. The Balaban J connectivity index is 1.10. The van der Waals surface area contributed by atoms with Crippen LogP contribution in [0.2, 0.25) is 0 Å². The molecule has 156 valence electrons. The van der Waals surface area contributed by atoms with Crippen molar-refractivity contribution >= 4 is 16.8 Å². The molecular weight excluding hydrogens is 374 g/mol. The monoisotopic (exact) mass is 403 g/mol. The van der Waals surface area contributed by atoms with E-state index in [4.69, 9.17) is 0 Å². The van der Waals surface area contributed by atoms with Crippen LogP contribution in [0, 0.1) is 5.92 Å². The lowest BCUT2D eigenvalue weighted by atomic mass is 9.84.